The number of amides is 1. The number of pyridine rings is 1. The monoisotopic (exact) mass is 435 g/mol. The fraction of sp³-hybridized carbons (Fsp3) is 0.375. The average molecular weight is 436 g/mol. The highest BCUT2D eigenvalue weighted by molar-refractivity contribution is 8.00. The maximum absolute atomic E-state index is 12.7. The Labute approximate surface area is 168 Å². The van der Waals surface area contributed by atoms with E-state index in [0.29, 0.717) is 11.4 Å². The Morgan fingerprint density at radius 3 is 2.82 bits per heavy atom. The molecule has 2 aromatic heterocycles. The number of thioether (sulfide) groups is 1. The van der Waals surface area contributed by atoms with Crippen molar-refractivity contribution >= 4 is 40.7 Å². The second-order valence-corrected chi connectivity index (χ2v) is 6.93. The van der Waals surface area contributed by atoms with Crippen molar-refractivity contribution in [2.45, 2.75) is 12.6 Å². The van der Waals surface area contributed by atoms with Gasteiger partial charge >= 0.3 is 6.18 Å². The minimum Gasteiger partial charge on any atom is -0.399 e. The smallest absolute Gasteiger partial charge is 0.389 e. The molecule has 0 spiro atoms. The number of carbonyl (C=O) groups excluding carboxylic acids is 1. The molecule has 0 atom stereocenters. The summed E-state index contributed by atoms with van der Waals surface area (Å²) >= 11 is 7.08. The molecule has 0 aliphatic heterocycles. The number of hydrogen-bond donors (Lipinski definition) is 0. The Hall–Kier alpha value is -2.27. The van der Waals surface area contributed by atoms with E-state index < -0.39 is 18.5 Å². The maximum Gasteiger partial charge on any atom is 0.389 e. The summed E-state index contributed by atoms with van der Waals surface area (Å²) < 4.78 is 38.2. The second kappa shape index (κ2) is 9.78. The van der Waals surface area contributed by atoms with Gasteiger partial charge < -0.3 is 9.74 Å². The average Bonchev–Trinajstić information content (AvgIpc) is 3.04. The van der Waals surface area contributed by atoms with Crippen LogP contribution < -0.4 is 4.90 Å². The first-order valence-electron chi connectivity index (χ1n) is 7.91. The van der Waals surface area contributed by atoms with Crippen LogP contribution in [-0.4, -0.2) is 58.2 Å². The molecule has 0 aromatic carbocycles. The Morgan fingerprint density at radius 1 is 1.46 bits per heavy atom. The summed E-state index contributed by atoms with van der Waals surface area (Å²) in [4.78, 5) is 22.6. The second-order valence-electron chi connectivity index (χ2n) is 5.46. The van der Waals surface area contributed by atoms with Crippen LogP contribution in [-0.2, 0) is 9.63 Å². The molecule has 2 aromatic rings. The lowest BCUT2D eigenvalue weighted by Crippen LogP contribution is -2.34. The van der Waals surface area contributed by atoms with Crippen LogP contribution in [0.3, 0.4) is 0 Å². The van der Waals surface area contributed by atoms with Crippen molar-refractivity contribution in [3.63, 3.8) is 0 Å². The van der Waals surface area contributed by atoms with Crippen molar-refractivity contribution in [3.05, 3.63) is 35.9 Å². The van der Waals surface area contributed by atoms with Gasteiger partial charge in [-0.3, -0.25) is 9.78 Å². The molecule has 28 heavy (non-hydrogen) atoms. The quantitative estimate of drug-likeness (QED) is 0.360. The zero-order valence-electron chi connectivity index (χ0n) is 15.0. The number of rotatable bonds is 8. The lowest BCUT2D eigenvalue weighted by molar-refractivity contribution is -0.129. The first kappa shape index (κ1) is 22.0. The van der Waals surface area contributed by atoms with Crippen LogP contribution in [0.25, 0.3) is 5.69 Å². The van der Waals surface area contributed by atoms with Gasteiger partial charge in [-0.2, -0.15) is 30.0 Å². The van der Waals surface area contributed by atoms with Crippen LogP contribution in [0.2, 0.25) is 5.15 Å². The molecule has 7 nitrogen and oxygen atoms in total. The van der Waals surface area contributed by atoms with E-state index >= 15 is 0 Å². The van der Waals surface area contributed by atoms with E-state index in [1.54, 1.807) is 30.7 Å². The standard InChI is InChI=1S/C16H17ClF3N5O2S/c1-24(13-9-25(22-14(13)17)11-4-3-6-21-8-11)15(26)12(23-27-2)10-28-7-5-16(18,19)20/h3-4,6,8-9H,5,7,10H2,1-2H3. The molecular formula is C16H17ClF3N5O2S. The van der Waals surface area contributed by atoms with Gasteiger partial charge in [0.25, 0.3) is 5.91 Å². The third-order valence-corrected chi connectivity index (χ3v) is 4.68. The fourth-order valence-electron chi connectivity index (χ4n) is 2.09. The van der Waals surface area contributed by atoms with Crippen LogP contribution in [0, 0.1) is 0 Å². The summed E-state index contributed by atoms with van der Waals surface area (Å²) in [5.74, 6) is -0.793. The van der Waals surface area contributed by atoms with Crippen LogP contribution in [0.15, 0.2) is 35.9 Å². The molecule has 0 bridgehead atoms. The zero-order chi connectivity index (χ0) is 20.7. The number of anilines is 1. The van der Waals surface area contributed by atoms with E-state index in [1.165, 1.54) is 23.7 Å². The number of carbonyl (C=O) groups is 1. The molecule has 0 aliphatic rings. The molecular weight excluding hydrogens is 419 g/mol. The highest BCUT2D eigenvalue weighted by atomic mass is 35.5. The van der Waals surface area contributed by atoms with Crippen molar-refractivity contribution in [1.82, 2.24) is 14.8 Å². The van der Waals surface area contributed by atoms with Crippen LogP contribution >= 0.6 is 23.4 Å². The fourth-order valence-corrected chi connectivity index (χ4v) is 3.23. The van der Waals surface area contributed by atoms with Gasteiger partial charge in [0.05, 0.1) is 24.5 Å². The number of nitrogens with zero attached hydrogens (tertiary/aromatic N) is 5. The van der Waals surface area contributed by atoms with Gasteiger partial charge in [-0.15, -0.1) is 0 Å². The SMILES string of the molecule is CON=C(CSCCC(F)(F)F)C(=O)N(C)c1cn(-c2cccnc2)nc1Cl. The number of hydrogen-bond acceptors (Lipinski definition) is 6. The highest BCUT2D eigenvalue weighted by Crippen LogP contribution is 2.26. The molecule has 0 fully saturated rings. The first-order chi connectivity index (χ1) is 13.2. The van der Waals surface area contributed by atoms with Crippen molar-refractivity contribution < 1.29 is 22.8 Å². The molecule has 0 saturated heterocycles. The van der Waals surface area contributed by atoms with Gasteiger partial charge in [0, 0.05) is 24.8 Å². The third kappa shape index (κ3) is 6.13. The van der Waals surface area contributed by atoms with Crippen molar-refractivity contribution in [1.29, 1.82) is 0 Å². The maximum atomic E-state index is 12.7. The number of alkyl halides is 3. The van der Waals surface area contributed by atoms with E-state index in [1.807, 2.05) is 0 Å². The van der Waals surface area contributed by atoms with Gasteiger partial charge in [-0.05, 0) is 12.1 Å². The minimum absolute atomic E-state index is 0.0395. The first-order valence-corrected chi connectivity index (χ1v) is 9.44. The lowest BCUT2D eigenvalue weighted by atomic mass is 10.3. The molecule has 0 radical (unpaired) electrons. The molecule has 0 unspecified atom stereocenters. The van der Waals surface area contributed by atoms with E-state index in [4.69, 9.17) is 11.6 Å². The van der Waals surface area contributed by atoms with Crippen LogP contribution in [0.4, 0.5) is 18.9 Å². The van der Waals surface area contributed by atoms with Gasteiger partial charge in [0.2, 0.25) is 0 Å². The number of aromatic nitrogens is 3. The molecule has 0 aliphatic carbocycles. The Morgan fingerprint density at radius 2 is 2.21 bits per heavy atom. The lowest BCUT2D eigenvalue weighted by Gasteiger charge is -2.16. The van der Waals surface area contributed by atoms with Gasteiger partial charge in [0.1, 0.15) is 12.8 Å². The Bertz CT molecular complexity index is 829. The summed E-state index contributed by atoms with van der Waals surface area (Å²) in [6, 6.07) is 3.48. The molecule has 0 saturated carbocycles. The molecule has 152 valence electrons. The van der Waals surface area contributed by atoms with Gasteiger partial charge in [-0.25, -0.2) is 4.68 Å². The Kier molecular flexibility index (Phi) is 7.69. The van der Waals surface area contributed by atoms with E-state index in [-0.39, 0.29) is 22.4 Å². The summed E-state index contributed by atoms with van der Waals surface area (Å²) in [7, 11) is 2.71. The van der Waals surface area contributed by atoms with Crippen LogP contribution in [0.5, 0.6) is 0 Å². The summed E-state index contributed by atoms with van der Waals surface area (Å²) in [5, 5.41) is 7.85. The van der Waals surface area contributed by atoms with Gasteiger partial charge in [-0.1, -0.05) is 16.8 Å². The van der Waals surface area contributed by atoms with Crippen LogP contribution in [0.1, 0.15) is 6.42 Å². The molecule has 1 amide bonds. The molecule has 2 rings (SSSR count). The third-order valence-electron chi connectivity index (χ3n) is 3.44. The number of oxime groups is 1. The summed E-state index contributed by atoms with van der Waals surface area (Å²) in [6.07, 6.45) is -0.482. The highest BCUT2D eigenvalue weighted by Gasteiger charge is 2.27. The minimum atomic E-state index is -4.25. The number of halogens is 4. The topological polar surface area (TPSA) is 72.6 Å². The summed E-state index contributed by atoms with van der Waals surface area (Å²) in [5.41, 5.74) is 0.909. The molecule has 0 N–H and O–H groups in total. The molecule has 2 heterocycles. The zero-order valence-corrected chi connectivity index (χ0v) is 16.6. The van der Waals surface area contributed by atoms with Gasteiger partial charge in [0.15, 0.2) is 10.9 Å². The van der Waals surface area contributed by atoms with E-state index in [0.717, 1.165) is 11.8 Å². The summed E-state index contributed by atoms with van der Waals surface area (Å²) in [6.45, 7) is 0. The predicted molar refractivity (Wildman–Crippen MR) is 102 cm³/mol. The van der Waals surface area contributed by atoms with E-state index in [2.05, 4.69) is 20.1 Å². The van der Waals surface area contributed by atoms with Crippen molar-refractivity contribution in [2.75, 3.05) is 30.6 Å². The van der Waals surface area contributed by atoms with Crippen molar-refractivity contribution in [2.24, 2.45) is 5.16 Å². The Balaban J connectivity index is 2.10. The predicted octanol–water partition coefficient (Wildman–Crippen LogP) is 3.57. The molecule has 12 heteroatoms. The largest absolute Gasteiger partial charge is 0.399 e. The van der Waals surface area contributed by atoms with E-state index in [9.17, 15) is 18.0 Å². The normalized spacial score (nSPS) is 12.1. The van der Waals surface area contributed by atoms with Crippen molar-refractivity contribution in [3.8, 4) is 5.69 Å².